The first-order valence-electron chi connectivity index (χ1n) is 8.84. The van der Waals surface area contributed by atoms with Gasteiger partial charge in [-0.3, -0.25) is 15.1 Å². The number of anilines is 1. The molecule has 1 unspecified atom stereocenters. The summed E-state index contributed by atoms with van der Waals surface area (Å²) in [7, 11) is 0. The number of fused-ring (bicyclic) bond motifs is 1. The zero-order valence-corrected chi connectivity index (χ0v) is 15.5. The molecule has 0 spiro atoms. The second-order valence-corrected chi connectivity index (χ2v) is 7.25. The Balaban J connectivity index is 1.82. The van der Waals surface area contributed by atoms with Crippen molar-refractivity contribution in [3.8, 4) is 0 Å². The smallest absolute Gasteiger partial charge is 0.320 e. The average molecular weight is 351 g/mol. The number of hydrogen-bond acceptors (Lipinski definition) is 5. The van der Waals surface area contributed by atoms with E-state index in [1.165, 1.54) is 0 Å². The Bertz CT molecular complexity index is 794. The second-order valence-electron chi connectivity index (χ2n) is 7.25. The highest BCUT2D eigenvalue weighted by atomic mass is 16.6. The SMILES string of the molecule is CC(C)(C)OC(=O)CNC1CNc2ccccc2C(c2ccccc2)=N1. The van der Waals surface area contributed by atoms with E-state index in [-0.39, 0.29) is 18.7 Å². The third-order valence-corrected chi connectivity index (χ3v) is 3.90. The van der Waals surface area contributed by atoms with Crippen molar-refractivity contribution in [1.29, 1.82) is 0 Å². The molecule has 2 aromatic rings. The number of ether oxygens (including phenoxy) is 1. The van der Waals surface area contributed by atoms with Gasteiger partial charge in [-0.05, 0) is 26.8 Å². The first-order valence-corrected chi connectivity index (χ1v) is 8.84. The van der Waals surface area contributed by atoms with E-state index in [0.717, 1.165) is 22.5 Å². The maximum atomic E-state index is 12.0. The predicted octanol–water partition coefficient (Wildman–Crippen LogP) is 3.21. The molecule has 5 nitrogen and oxygen atoms in total. The van der Waals surface area contributed by atoms with Crippen LogP contribution in [0.25, 0.3) is 0 Å². The fraction of sp³-hybridized carbons (Fsp3) is 0.333. The summed E-state index contributed by atoms with van der Waals surface area (Å²) >= 11 is 0. The molecular formula is C21H25N3O2. The van der Waals surface area contributed by atoms with Gasteiger partial charge in [-0.15, -0.1) is 0 Å². The van der Waals surface area contributed by atoms with Gasteiger partial charge in [-0.25, -0.2) is 0 Å². The van der Waals surface area contributed by atoms with Crippen molar-refractivity contribution >= 4 is 17.4 Å². The van der Waals surface area contributed by atoms with E-state index in [1.807, 2.05) is 69.3 Å². The highest BCUT2D eigenvalue weighted by molar-refractivity contribution is 6.16. The Morgan fingerprint density at radius 2 is 1.85 bits per heavy atom. The molecule has 136 valence electrons. The van der Waals surface area contributed by atoms with Gasteiger partial charge in [0.1, 0.15) is 11.8 Å². The van der Waals surface area contributed by atoms with Gasteiger partial charge in [0, 0.05) is 16.8 Å². The number of hydrogen-bond donors (Lipinski definition) is 2. The zero-order valence-electron chi connectivity index (χ0n) is 15.5. The highest BCUT2D eigenvalue weighted by Crippen LogP contribution is 2.23. The lowest BCUT2D eigenvalue weighted by atomic mass is 10.0. The van der Waals surface area contributed by atoms with Gasteiger partial charge in [0.05, 0.1) is 18.8 Å². The molecule has 5 heteroatoms. The Morgan fingerprint density at radius 1 is 1.15 bits per heavy atom. The zero-order chi connectivity index (χ0) is 18.6. The van der Waals surface area contributed by atoms with Crippen LogP contribution in [-0.2, 0) is 9.53 Å². The number of para-hydroxylation sites is 1. The van der Waals surface area contributed by atoms with Crippen LogP contribution in [-0.4, -0.2) is 36.5 Å². The summed E-state index contributed by atoms with van der Waals surface area (Å²) in [6.45, 7) is 6.29. The van der Waals surface area contributed by atoms with Gasteiger partial charge >= 0.3 is 5.97 Å². The molecule has 0 aliphatic carbocycles. The Hall–Kier alpha value is -2.66. The van der Waals surface area contributed by atoms with Gasteiger partial charge in [-0.2, -0.15) is 0 Å². The van der Waals surface area contributed by atoms with Gasteiger partial charge in [0.25, 0.3) is 0 Å². The van der Waals surface area contributed by atoms with Crippen molar-refractivity contribution < 1.29 is 9.53 Å². The molecular weight excluding hydrogens is 326 g/mol. The van der Waals surface area contributed by atoms with Crippen LogP contribution in [0.4, 0.5) is 5.69 Å². The molecule has 2 N–H and O–H groups in total. The van der Waals surface area contributed by atoms with Crippen LogP contribution < -0.4 is 10.6 Å². The average Bonchev–Trinajstić information content (AvgIpc) is 2.79. The summed E-state index contributed by atoms with van der Waals surface area (Å²) in [5.74, 6) is -0.282. The maximum absolute atomic E-state index is 12.0. The summed E-state index contributed by atoms with van der Waals surface area (Å²) < 4.78 is 5.36. The molecule has 1 aliphatic heterocycles. The first kappa shape index (κ1) is 18.1. The summed E-state index contributed by atoms with van der Waals surface area (Å²) in [6.07, 6.45) is -0.231. The van der Waals surface area contributed by atoms with E-state index < -0.39 is 5.60 Å². The van der Waals surface area contributed by atoms with Crippen molar-refractivity contribution in [2.24, 2.45) is 4.99 Å². The van der Waals surface area contributed by atoms with Crippen LogP contribution in [0.15, 0.2) is 59.6 Å². The number of aliphatic imine (C=N–C) groups is 1. The molecule has 0 radical (unpaired) electrons. The highest BCUT2D eigenvalue weighted by Gasteiger charge is 2.21. The van der Waals surface area contributed by atoms with Crippen LogP contribution in [0.5, 0.6) is 0 Å². The van der Waals surface area contributed by atoms with E-state index in [9.17, 15) is 4.79 Å². The van der Waals surface area contributed by atoms with Crippen molar-refractivity contribution in [3.63, 3.8) is 0 Å². The van der Waals surface area contributed by atoms with Crippen LogP contribution >= 0.6 is 0 Å². The van der Waals surface area contributed by atoms with Crippen molar-refractivity contribution in [2.45, 2.75) is 32.5 Å². The van der Waals surface area contributed by atoms with Crippen molar-refractivity contribution in [2.75, 3.05) is 18.4 Å². The molecule has 26 heavy (non-hydrogen) atoms. The van der Waals surface area contributed by atoms with E-state index in [1.54, 1.807) is 0 Å². The minimum Gasteiger partial charge on any atom is -0.459 e. The maximum Gasteiger partial charge on any atom is 0.320 e. The largest absolute Gasteiger partial charge is 0.459 e. The predicted molar refractivity (Wildman–Crippen MR) is 105 cm³/mol. The molecule has 0 amide bonds. The Labute approximate surface area is 154 Å². The summed E-state index contributed by atoms with van der Waals surface area (Å²) in [4.78, 5) is 16.9. The van der Waals surface area contributed by atoms with E-state index in [2.05, 4.69) is 16.7 Å². The fourth-order valence-electron chi connectivity index (χ4n) is 2.84. The minimum absolute atomic E-state index is 0.117. The number of benzodiazepines with no additional fused rings is 1. The number of benzene rings is 2. The van der Waals surface area contributed by atoms with Gasteiger partial charge in [-0.1, -0.05) is 48.5 Å². The van der Waals surface area contributed by atoms with Crippen molar-refractivity contribution in [3.05, 3.63) is 65.7 Å². The lowest BCUT2D eigenvalue weighted by molar-refractivity contribution is -0.153. The molecule has 0 saturated carbocycles. The van der Waals surface area contributed by atoms with E-state index in [4.69, 9.17) is 9.73 Å². The lowest BCUT2D eigenvalue weighted by Crippen LogP contribution is -2.39. The Morgan fingerprint density at radius 3 is 2.58 bits per heavy atom. The molecule has 3 rings (SSSR count). The van der Waals surface area contributed by atoms with E-state index >= 15 is 0 Å². The molecule has 1 heterocycles. The molecule has 0 fully saturated rings. The summed E-state index contributed by atoms with van der Waals surface area (Å²) in [5.41, 5.74) is 3.56. The monoisotopic (exact) mass is 351 g/mol. The first-order chi connectivity index (χ1) is 12.4. The van der Waals surface area contributed by atoms with Gasteiger partial charge in [0.15, 0.2) is 0 Å². The second kappa shape index (κ2) is 7.70. The number of nitrogens with one attached hydrogen (secondary N) is 2. The van der Waals surface area contributed by atoms with Crippen molar-refractivity contribution in [1.82, 2.24) is 5.32 Å². The number of nitrogens with zero attached hydrogens (tertiary/aromatic N) is 1. The Kier molecular flexibility index (Phi) is 5.38. The third kappa shape index (κ3) is 4.70. The molecule has 1 aliphatic rings. The molecule has 1 atom stereocenters. The topological polar surface area (TPSA) is 62.7 Å². The standard InChI is InChI=1S/C21H25N3O2/c1-21(2,3)26-19(25)14-23-18-13-22-17-12-8-7-11-16(17)20(24-18)15-9-5-4-6-10-15/h4-12,18,22-23H,13-14H2,1-3H3. The van der Waals surface area contributed by atoms with Gasteiger partial charge < -0.3 is 10.1 Å². The van der Waals surface area contributed by atoms with Crippen LogP contribution in [0.3, 0.4) is 0 Å². The molecule has 0 saturated heterocycles. The van der Waals surface area contributed by atoms with Crippen LogP contribution in [0.2, 0.25) is 0 Å². The quantitative estimate of drug-likeness (QED) is 0.831. The van der Waals surface area contributed by atoms with Crippen LogP contribution in [0, 0.1) is 0 Å². The number of carbonyl (C=O) groups excluding carboxylic acids is 1. The summed E-state index contributed by atoms with van der Waals surface area (Å²) in [6, 6.07) is 18.2. The molecule has 2 aromatic carbocycles. The molecule has 0 bridgehead atoms. The molecule has 0 aromatic heterocycles. The van der Waals surface area contributed by atoms with Crippen LogP contribution in [0.1, 0.15) is 31.9 Å². The number of rotatable bonds is 4. The number of esters is 1. The summed E-state index contributed by atoms with van der Waals surface area (Å²) in [5, 5.41) is 6.61. The third-order valence-electron chi connectivity index (χ3n) is 3.90. The fourth-order valence-corrected chi connectivity index (χ4v) is 2.84. The van der Waals surface area contributed by atoms with E-state index in [0.29, 0.717) is 6.54 Å². The van der Waals surface area contributed by atoms with Gasteiger partial charge in [0.2, 0.25) is 0 Å². The normalized spacial score (nSPS) is 16.7. The number of carbonyl (C=O) groups is 1. The minimum atomic E-state index is -0.491. The lowest BCUT2D eigenvalue weighted by Gasteiger charge is -2.21.